The fourth-order valence-corrected chi connectivity index (χ4v) is 10.6. The molecule has 14 atom stereocenters. The highest BCUT2D eigenvalue weighted by atomic mass is 16.7. The molecule has 1 amide bonds. The van der Waals surface area contributed by atoms with Crippen molar-refractivity contribution < 1.29 is 73.0 Å². The fourth-order valence-electron chi connectivity index (χ4n) is 10.6. The minimum absolute atomic E-state index is 0.000329. The van der Waals surface area contributed by atoms with Gasteiger partial charge in [-0.1, -0.05) is 79.7 Å². The van der Waals surface area contributed by atoms with Crippen LogP contribution in [0.1, 0.15) is 152 Å². The highest BCUT2D eigenvalue weighted by Gasteiger charge is 2.37. The first-order chi connectivity index (χ1) is 35.9. The Morgan fingerprint density at radius 1 is 0.527 bits per heavy atom. The summed E-state index contributed by atoms with van der Waals surface area (Å²) in [6, 6.07) is 29.9. The summed E-state index contributed by atoms with van der Waals surface area (Å²) in [6.07, 6.45) is 4.12. The summed E-state index contributed by atoms with van der Waals surface area (Å²) in [4.78, 5) is 12.8. The first kappa shape index (κ1) is 55.4. The van der Waals surface area contributed by atoms with Crippen molar-refractivity contribution in [1.82, 2.24) is 5.32 Å². The second kappa shape index (κ2) is 27.8. The number of nitrogens with one attached hydrogen (secondary N) is 1. The molecule has 74 heavy (non-hydrogen) atoms. The van der Waals surface area contributed by atoms with Gasteiger partial charge in [-0.3, -0.25) is 0 Å². The van der Waals surface area contributed by atoms with Gasteiger partial charge in [-0.2, -0.15) is 0 Å². The first-order valence-electron chi connectivity index (χ1n) is 26.9. The predicted octanol–water partition coefficient (Wildman–Crippen LogP) is 10.5. The van der Waals surface area contributed by atoms with Gasteiger partial charge in [-0.15, -0.1) is 0 Å². The molecule has 13 unspecified atom stereocenters. The Kier molecular flexibility index (Phi) is 20.8. The normalized spacial score (nSPS) is 29.2. The van der Waals surface area contributed by atoms with E-state index in [0.29, 0.717) is 99.5 Å². The number of hydrogen-bond acceptors (Lipinski definition) is 15. The van der Waals surface area contributed by atoms with Crippen molar-refractivity contribution in [3.63, 3.8) is 0 Å². The van der Waals surface area contributed by atoms with E-state index in [2.05, 4.69) is 12.2 Å². The Bertz CT molecular complexity index is 2310. The number of aromatic hydroxyl groups is 3. The van der Waals surface area contributed by atoms with E-state index < -0.39 is 43.5 Å². The molecular weight excluding hydrogens is 951 g/mol. The van der Waals surface area contributed by atoms with E-state index in [1.807, 2.05) is 37.3 Å². The van der Waals surface area contributed by atoms with Gasteiger partial charge in [-0.05, 0) is 121 Å². The molecule has 0 aromatic heterocycles. The molecule has 4 fully saturated rings. The van der Waals surface area contributed by atoms with E-state index in [-0.39, 0.29) is 72.6 Å². The molecule has 8 rings (SSSR count). The van der Waals surface area contributed by atoms with Crippen molar-refractivity contribution in [3.8, 4) is 23.0 Å². The number of phenols is 3. The molecule has 4 aliphatic rings. The molecule has 4 aliphatic heterocycles. The van der Waals surface area contributed by atoms with Crippen molar-refractivity contribution in [2.75, 3.05) is 6.54 Å². The molecule has 4 aromatic carbocycles. The number of phenolic OH excluding ortho intramolecular Hbond substituents is 3. The highest BCUT2D eigenvalue weighted by Crippen LogP contribution is 2.40. The van der Waals surface area contributed by atoms with Gasteiger partial charge < -0.3 is 73.5 Å². The van der Waals surface area contributed by atoms with Crippen molar-refractivity contribution in [2.24, 2.45) is 0 Å². The molecule has 0 aliphatic carbocycles. The predicted molar refractivity (Wildman–Crippen MR) is 273 cm³/mol. The Morgan fingerprint density at radius 3 is 1.46 bits per heavy atom. The lowest BCUT2D eigenvalue weighted by atomic mass is 9.95. The molecule has 4 aromatic rings. The third kappa shape index (κ3) is 16.6. The third-order valence-corrected chi connectivity index (χ3v) is 14.4. The Balaban J connectivity index is 0.823. The molecule has 0 spiro atoms. The molecule has 16 heteroatoms. The van der Waals surface area contributed by atoms with Crippen LogP contribution in [0.3, 0.4) is 0 Å². The number of ether oxygens (including phenoxy) is 9. The summed E-state index contributed by atoms with van der Waals surface area (Å²) in [5.41, 5.74) is 1.74. The molecule has 16 nitrogen and oxygen atoms in total. The summed E-state index contributed by atoms with van der Waals surface area (Å²) in [6.45, 7) is 4.12. The van der Waals surface area contributed by atoms with Gasteiger partial charge >= 0.3 is 6.09 Å². The van der Waals surface area contributed by atoms with Crippen LogP contribution in [0, 0.1) is 0 Å². The molecular formula is C58H77NO15. The number of benzene rings is 4. The van der Waals surface area contributed by atoms with Crippen LogP contribution in [-0.4, -0.2) is 106 Å². The second-order valence-electron chi connectivity index (χ2n) is 20.4. The molecule has 404 valence electrons. The Hall–Kier alpha value is -4.85. The van der Waals surface area contributed by atoms with E-state index in [1.54, 1.807) is 72.8 Å². The van der Waals surface area contributed by atoms with E-state index >= 15 is 0 Å². The number of carbonyl (C=O) groups excluding carboxylic acids is 1. The monoisotopic (exact) mass is 1030 g/mol. The van der Waals surface area contributed by atoms with Crippen molar-refractivity contribution in [1.29, 1.82) is 0 Å². The standard InChI is InChI=1S/C58H77NO15/c1-3-40-33-43(70-56(69-40)49-25-8-11-28-52(49)63)23-15-22-42-35-47(68-54(67-42)36-59-58(65)74-41-18-5-4-6-19-41)32-39(61)17-14-21-45-34-44(71-57(72-45)50-26-9-12-29-53(50)64)20-13-16-38(60)31-46-30-37(2)66-55(73-46)48-24-7-10-27-51(48)62/h4-12,18-19,24-29,37-40,42-47,54-57,60-64H,3,13-17,20-23,30-36H2,1-2H3,(H,59,65)/t37-,38?,39?,40?,42?,43?,44?,45?,46?,47?,54?,55?,56?,57?/m0/s1. The largest absolute Gasteiger partial charge is 0.507 e. The van der Waals surface area contributed by atoms with E-state index in [0.717, 1.165) is 25.7 Å². The SMILES string of the molecule is CCC1CC(CCCC2CC(CC(O)CCCC3CC(CCCC(O)CC4C[C@H](C)OC(c5ccccc5O)O4)OC(c4ccccc4O)O3)OC(CNC(=O)Oc3ccccc3)O2)OC(c2ccccc2O)O1. The maximum atomic E-state index is 12.8. The zero-order valence-electron chi connectivity index (χ0n) is 42.7. The molecule has 0 saturated carbocycles. The van der Waals surface area contributed by atoms with Crippen LogP contribution in [0.4, 0.5) is 4.79 Å². The topological polar surface area (TPSA) is 213 Å². The minimum atomic E-state index is -0.772. The number of rotatable bonds is 23. The number of amides is 1. The number of aliphatic hydroxyl groups is 2. The van der Waals surface area contributed by atoms with Gasteiger partial charge in [0.15, 0.2) is 25.2 Å². The zero-order valence-corrected chi connectivity index (χ0v) is 42.7. The molecule has 6 N–H and O–H groups in total. The maximum Gasteiger partial charge on any atom is 0.412 e. The van der Waals surface area contributed by atoms with Crippen LogP contribution in [0.5, 0.6) is 23.0 Å². The maximum absolute atomic E-state index is 12.8. The molecule has 0 bridgehead atoms. The van der Waals surface area contributed by atoms with Gasteiger partial charge in [0, 0.05) is 36.0 Å². The highest BCUT2D eigenvalue weighted by molar-refractivity contribution is 5.70. The summed E-state index contributed by atoms with van der Waals surface area (Å²) < 4.78 is 55.9. The van der Waals surface area contributed by atoms with Crippen LogP contribution < -0.4 is 10.1 Å². The van der Waals surface area contributed by atoms with Crippen molar-refractivity contribution in [2.45, 2.75) is 203 Å². The molecule has 0 radical (unpaired) electrons. The quantitative estimate of drug-likeness (QED) is 0.0408. The van der Waals surface area contributed by atoms with Crippen LogP contribution >= 0.6 is 0 Å². The number of hydrogen-bond donors (Lipinski definition) is 6. The van der Waals surface area contributed by atoms with Crippen molar-refractivity contribution in [3.05, 3.63) is 120 Å². The number of carbonyl (C=O) groups is 1. The number of aliphatic hydroxyl groups excluding tert-OH is 2. The summed E-state index contributed by atoms with van der Waals surface area (Å²) >= 11 is 0. The van der Waals surface area contributed by atoms with Gasteiger partial charge in [0.1, 0.15) is 23.0 Å². The van der Waals surface area contributed by atoms with E-state index in [9.17, 15) is 30.3 Å². The minimum Gasteiger partial charge on any atom is -0.507 e. The third-order valence-electron chi connectivity index (χ3n) is 14.4. The lowest BCUT2D eigenvalue weighted by Crippen LogP contribution is -2.46. The summed E-state index contributed by atoms with van der Waals surface area (Å²) in [5.74, 6) is 0.757. The number of para-hydroxylation sites is 4. The van der Waals surface area contributed by atoms with E-state index in [1.165, 1.54) is 0 Å². The van der Waals surface area contributed by atoms with Crippen LogP contribution in [0.15, 0.2) is 103 Å². The summed E-state index contributed by atoms with van der Waals surface area (Å²) in [5, 5.41) is 57.2. The van der Waals surface area contributed by atoms with E-state index in [4.69, 9.17) is 42.6 Å². The zero-order chi connectivity index (χ0) is 51.8. The molecule has 4 heterocycles. The van der Waals surface area contributed by atoms with Gasteiger partial charge in [0.05, 0.1) is 67.6 Å². The average Bonchev–Trinajstić information content (AvgIpc) is 3.38. The Labute approximate surface area is 435 Å². The molecule has 4 saturated heterocycles. The van der Waals surface area contributed by atoms with Crippen LogP contribution in [0.2, 0.25) is 0 Å². The Morgan fingerprint density at radius 2 is 0.932 bits per heavy atom. The lowest BCUT2D eigenvalue weighted by molar-refractivity contribution is -0.253. The van der Waals surface area contributed by atoms with Gasteiger partial charge in [0.25, 0.3) is 0 Å². The smallest absolute Gasteiger partial charge is 0.412 e. The fraction of sp³-hybridized carbons (Fsp3) is 0.569. The van der Waals surface area contributed by atoms with Crippen molar-refractivity contribution >= 4 is 6.09 Å². The second-order valence-corrected chi connectivity index (χ2v) is 20.4. The average molecular weight is 1030 g/mol. The van der Waals surface area contributed by atoms with Crippen LogP contribution in [0.25, 0.3) is 0 Å². The van der Waals surface area contributed by atoms with Crippen LogP contribution in [-0.2, 0) is 37.9 Å². The van der Waals surface area contributed by atoms with Gasteiger partial charge in [0.2, 0.25) is 0 Å². The first-order valence-corrected chi connectivity index (χ1v) is 26.9. The lowest BCUT2D eigenvalue weighted by Gasteiger charge is -2.38. The summed E-state index contributed by atoms with van der Waals surface area (Å²) in [7, 11) is 0. The van der Waals surface area contributed by atoms with Gasteiger partial charge in [-0.25, -0.2) is 4.79 Å².